The van der Waals surface area contributed by atoms with Crippen LogP contribution < -0.4 is 77.8 Å². The lowest BCUT2D eigenvalue weighted by molar-refractivity contribution is -0.137. The van der Waals surface area contributed by atoms with E-state index in [1.807, 2.05) is 0 Å². The van der Waals surface area contributed by atoms with Crippen molar-refractivity contribution in [3.8, 4) is 0 Å². The number of nitrogens with one attached hydrogen (secondary N) is 7. The molecule has 0 spiro atoms. The number of guanidine groups is 1. The number of carboxylic acids is 1. The summed E-state index contributed by atoms with van der Waals surface area (Å²) in [6.45, 7) is -0.233. The summed E-state index contributed by atoms with van der Waals surface area (Å²) in [7, 11) is 0. The number of unbranched alkanes of at least 4 members (excludes halogenated alkanes) is 2. The SMILES string of the molecule is NCCCC[C@H](NC(=O)[C@H](Cc1cnc[nH]1)NC(=O)[C@@H]1CCCN1C(=O)C(CCCN)=NC(=O)CNC(=O)[C@H](CCCN)NC(=O)[C@@H](NC(=O)[C@@H](N)CCCCN)[C@@H](O)CN)C(=O)N/C(=C\CCN=C(N)N)C(=O)O. The van der Waals surface area contributed by atoms with E-state index in [2.05, 4.69) is 51.9 Å². The predicted octanol–water partition coefficient (Wildman–Crippen LogP) is -6.90. The summed E-state index contributed by atoms with van der Waals surface area (Å²) < 4.78 is 0. The number of hydrogen-bond donors (Lipinski definition) is 17. The summed E-state index contributed by atoms with van der Waals surface area (Å²) in [6, 6.07) is -7.77. The van der Waals surface area contributed by atoms with Gasteiger partial charge in [0.05, 0.1) is 25.0 Å². The van der Waals surface area contributed by atoms with Crippen LogP contribution in [0.3, 0.4) is 0 Å². The maximum atomic E-state index is 14.2. The molecule has 25 N–H and O–H groups in total. The lowest BCUT2D eigenvalue weighted by Gasteiger charge is -2.27. The van der Waals surface area contributed by atoms with Crippen LogP contribution in [0.2, 0.25) is 0 Å². The molecule has 2 rings (SSSR count). The molecule has 0 aromatic carbocycles. The second kappa shape index (κ2) is 35.3. The molecule has 0 unspecified atom stereocenters. The normalized spacial score (nSPS) is 16.0. The topological polar surface area (TPSA) is 531 Å². The van der Waals surface area contributed by atoms with Crippen molar-refractivity contribution in [1.29, 1.82) is 0 Å². The summed E-state index contributed by atoms with van der Waals surface area (Å²) in [5.74, 6) is -8.44. The van der Waals surface area contributed by atoms with E-state index >= 15 is 0 Å². The van der Waals surface area contributed by atoms with E-state index in [1.165, 1.54) is 23.5 Å². The highest BCUT2D eigenvalue weighted by molar-refractivity contribution is 6.40. The quantitative estimate of drug-likeness (QED) is 0.0129. The van der Waals surface area contributed by atoms with E-state index in [-0.39, 0.29) is 102 Å². The van der Waals surface area contributed by atoms with E-state index < -0.39 is 114 Å². The van der Waals surface area contributed by atoms with Gasteiger partial charge in [-0.05, 0) is 103 Å². The maximum Gasteiger partial charge on any atom is 0.352 e. The third-order valence-corrected chi connectivity index (χ3v) is 11.6. The minimum atomic E-state index is -1.60. The monoisotopic (exact) mass is 1060 g/mol. The zero-order chi connectivity index (χ0) is 55.9. The molecule has 30 nitrogen and oxygen atoms in total. The van der Waals surface area contributed by atoms with Crippen molar-refractivity contribution >= 4 is 64.9 Å². The number of likely N-dealkylation sites (tertiary alicyclic amines) is 1. The first kappa shape index (κ1) is 64.2. The summed E-state index contributed by atoms with van der Waals surface area (Å²) in [5, 5.41) is 35.2. The van der Waals surface area contributed by atoms with Gasteiger partial charge < -0.3 is 97.9 Å². The molecule has 1 saturated heterocycles. The van der Waals surface area contributed by atoms with Crippen molar-refractivity contribution in [2.24, 2.45) is 55.9 Å². The van der Waals surface area contributed by atoms with Crippen LogP contribution >= 0.6 is 0 Å². The third kappa shape index (κ3) is 23.4. The minimum absolute atomic E-state index is 0.0217. The highest BCUT2D eigenvalue weighted by Crippen LogP contribution is 2.20. The number of aromatic nitrogens is 2. The molecule has 0 aliphatic carbocycles. The van der Waals surface area contributed by atoms with E-state index in [0.29, 0.717) is 44.3 Å². The second-order valence-corrected chi connectivity index (χ2v) is 17.6. The number of carbonyl (C=O) groups is 9. The van der Waals surface area contributed by atoms with Crippen molar-refractivity contribution in [2.45, 2.75) is 132 Å². The zero-order valence-corrected chi connectivity index (χ0v) is 42.3. The van der Waals surface area contributed by atoms with Gasteiger partial charge in [-0.1, -0.05) is 12.5 Å². The van der Waals surface area contributed by atoms with Gasteiger partial charge in [0.25, 0.3) is 11.8 Å². The summed E-state index contributed by atoms with van der Waals surface area (Å²) >= 11 is 0. The van der Waals surface area contributed by atoms with Gasteiger partial charge in [0.2, 0.25) is 35.4 Å². The van der Waals surface area contributed by atoms with Gasteiger partial charge in [0.15, 0.2) is 5.96 Å². The summed E-state index contributed by atoms with van der Waals surface area (Å²) in [5.41, 5.74) is 44.5. The van der Waals surface area contributed by atoms with Crippen molar-refractivity contribution in [1.82, 2.24) is 46.8 Å². The highest BCUT2D eigenvalue weighted by atomic mass is 16.4. The van der Waals surface area contributed by atoms with Crippen LogP contribution in [-0.4, -0.2) is 185 Å². The smallest absolute Gasteiger partial charge is 0.352 e. The van der Waals surface area contributed by atoms with Crippen molar-refractivity contribution in [3.05, 3.63) is 30.0 Å². The van der Waals surface area contributed by atoms with Crippen LogP contribution in [0.4, 0.5) is 0 Å². The number of aromatic amines is 1. The number of nitrogens with zero attached hydrogens (tertiary/aromatic N) is 4. The summed E-state index contributed by atoms with van der Waals surface area (Å²) in [6.07, 6.45) is 5.36. The molecule has 1 aliphatic heterocycles. The Balaban J connectivity index is 2.31. The van der Waals surface area contributed by atoms with Crippen LogP contribution in [0.25, 0.3) is 0 Å². The summed E-state index contributed by atoms with van der Waals surface area (Å²) in [4.78, 5) is 137. The zero-order valence-electron chi connectivity index (χ0n) is 42.3. The lowest BCUT2D eigenvalue weighted by Crippen LogP contribution is -2.60. The first-order valence-electron chi connectivity index (χ1n) is 24.9. The second-order valence-electron chi connectivity index (χ2n) is 17.6. The number of hydrogen-bond acceptors (Lipinski definition) is 18. The van der Waals surface area contributed by atoms with Gasteiger partial charge >= 0.3 is 5.97 Å². The average molecular weight is 1060 g/mol. The third-order valence-electron chi connectivity index (χ3n) is 11.6. The molecule has 0 radical (unpaired) electrons. The molecule has 1 aromatic rings. The molecule has 1 fully saturated rings. The van der Waals surface area contributed by atoms with Gasteiger partial charge in [-0.25, -0.2) is 14.8 Å². The standard InChI is InChI=1S/C45H79N19O11/c46-15-3-1-9-27(51)37(67)63-36(34(65)22-50)42(72)60-28(11-5-17-48)38(68)56-24-35(66)58-30(12-6-18-49)43(73)64-20-8-14-33(64)41(71)62-32(21-26-23-54-25-57-26)40(70)59-29(10-2-4-16-47)39(69)61-31(44(74)75)13-7-19-55-45(52)53/h13,23,25,27-29,32-34,36,65H,1-12,14-22,24,46-51H2,(H,54,57)(H,56,68)(H,59,70)(H,60,72)(H,61,69)(H,62,71)(H,63,67)(H,74,75)(H4,52,53,55)/b31-13-,58-30?/t27-,28-,29-,32-,33-,34-,36-/m0/s1. The number of aliphatic hydroxyl groups excluding tert-OH is 1. The van der Waals surface area contributed by atoms with Crippen molar-refractivity contribution in [2.75, 3.05) is 52.4 Å². The molecule has 2 heterocycles. The lowest BCUT2D eigenvalue weighted by atomic mass is 10.1. The number of aliphatic carboxylic acids is 1. The van der Waals surface area contributed by atoms with E-state index in [1.54, 1.807) is 0 Å². The molecule has 1 aromatic heterocycles. The number of rotatable bonds is 36. The molecule has 0 saturated carbocycles. The van der Waals surface area contributed by atoms with Gasteiger partial charge in [-0.3, -0.25) is 43.3 Å². The van der Waals surface area contributed by atoms with E-state index in [4.69, 9.17) is 45.9 Å². The molecule has 420 valence electrons. The van der Waals surface area contributed by atoms with Crippen LogP contribution in [0.15, 0.2) is 34.3 Å². The average Bonchev–Trinajstić information content (AvgIpc) is 4.10. The van der Waals surface area contributed by atoms with E-state index in [9.17, 15) is 53.4 Å². The number of imidazole rings is 1. The molecule has 7 atom stereocenters. The van der Waals surface area contributed by atoms with Gasteiger partial charge in [0, 0.05) is 37.9 Å². The molecule has 8 amide bonds. The van der Waals surface area contributed by atoms with Gasteiger partial charge in [0.1, 0.15) is 41.6 Å². The fourth-order valence-corrected chi connectivity index (χ4v) is 7.57. The Kier molecular flexibility index (Phi) is 30.2. The van der Waals surface area contributed by atoms with Crippen molar-refractivity contribution in [3.63, 3.8) is 0 Å². The number of nitrogens with two attached hydrogens (primary N) is 8. The van der Waals surface area contributed by atoms with E-state index in [0.717, 1.165) is 0 Å². The Hall–Kier alpha value is -6.96. The molecule has 1 aliphatic rings. The minimum Gasteiger partial charge on any atom is -0.477 e. The molecule has 75 heavy (non-hydrogen) atoms. The van der Waals surface area contributed by atoms with Crippen LogP contribution in [-0.2, 0) is 49.6 Å². The fourth-order valence-electron chi connectivity index (χ4n) is 7.57. The largest absolute Gasteiger partial charge is 0.477 e. The molecular weight excluding hydrogens is 983 g/mol. The molecule has 0 bridgehead atoms. The van der Waals surface area contributed by atoms with Crippen molar-refractivity contribution < 1.29 is 53.4 Å². The molecule has 30 heteroatoms. The number of carbonyl (C=O) groups excluding carboxylic acids is 8. The predicted molar refractivity (Wildman–Crippen MR) is 275 cm³/mol. The number of aliphatic imine (C=N–C) groups is 2. The maximum absolute atomic E-state index is 14.2. The highest BCUT2D eigenvalue weighted by Gasteiger charge is 2.39. The fraction of sp³-hybridized carbons (Fsp3) is 0.644. The van der Waals surface area contributed by atoms with Gasteiger partial charge in [-0.15, -0.1) is 0 Å². The first-order chi connectivity index (χ1) is 35.8. The van der Waals surface area contributed by atoms with Crippen LogP contribution in [0.1, 0.15) is 89.2 Å². The Morgan fingerprint density at radius 1 is 0.787 bits per heavy atom. The number of aliphatic hydroxyl groups is 1. The number of amides is 8. The van der Waals surface area contributed by atoms with Crippen LogP contribution in [0, 0.1) is 0 Å². The Morgan fingerprint density at radius 3 is 2.04 bits per heavy atom. The number of H-pyrrole nitrogens is 1. The Morgan fingerprint density at radius 2 is 1.43 bits per heavy atom. The first-order valence-corrected chi connectivity index (χ1v) is 24.9. The number of carboxylic acid groups (broad SMARTS) is 1. The van der Waals surface area contributed by atoms with Gasteiger partial charge in [-0.2, -0.15) is 0 Å². The Labute approximate surface area is 434 Å². The Bertz CT molecular complexity index is 2120. The van der Waals surface area contributed by atoms with Crippen LogP contribution in [0.5, 0.6) is 0 Å². The molecular formula is C45H79N19O11.